The first-order valence-electron chi connectivity index (χ1n) is 16.6. The van der Waals surface area contributed by atoms with Crippen molar-refractivity contribution in [1.29, 1.82) is 5.26 Å². The molecule has 8 aromatic rings. The molecule has 3 nitrogen and oxygen atoms in total. The summed E-state index contributed by atoms with van der Waals surface area (Å²) in [5.41, 5.74) is 12.3. The van der Waals surface area contributed by atoms with Crippen LogP contribution in [0.2, 0.25) is 0 Å². The molecule has 49 heavy (non-hydrogen) atoms. The minimum atomic E-state index is -0.154. The van der Waals surface area contributed by atoms with Gasteiger partial charge in [0.25, 0.3) is 0 Å². The van der Waals surface area contributed by atoms with Crippen molar-refractivity contribution in [3.05, 3.63) is 168 Å². The molecule has 0 radical (unpaired) electrons. The summed E-state index contributed by atoms with van der Waals surface area (Å²) in [4.78, 5) is 10.3. The van der Waals surface area contributed by atoms with Crippen molar-refractivity contribution in [3.63, 3.8) is 0 Å². The topological polar surface area (TPSA) is 49.6 Å². The molecule has 9 rings (SSSR count). The lowest BCUT2D eigenvalue weighted by Gasteiger charge is -2.21. The summed E-state index contributed by atoms with van der Waals surface area (Å²) in [5, 5.41) is 14.7. The van der Waals surface area contributed by atoms with E-state index >= 15 is 0 Å². The van der Waals surface area contributed by atoms with Gasteiger partial charge in [0, 0.05) is 27.7 Å². The zero-order valence-electron chi connectivity index (χ0n) is 27.3. The van der Waals surface area contributed by atoms with E-state index in [1.807, 2.05) is 12.1 Å². The summed E-state index contributed by atoms with van der Waals surface area (Å²) in [6.45, 7) is 4.49. The number of hydrogen-bond acceptors (Lipinski definition) is 3. The van der Waals surface area contributed by atoms with Crippen LogP contribution in [0.5, 0.6) is 0 Å². The molecular weight excluding hydrogens is 595 g/mol. The quantitative estimate of drug-likeness (QED) is 0.195. The maximum atomic E-state index is 9.94. The summed E-state index contributed by atoms with van der Waals surface area (Å²) in [5.74, 6) is 0.698. The molecule has 1 aliphatic carbocycles. The Morgan fingerprint density at radius 1 is 0.469 bits per heavy atom. The largest absolute Gasteiger partial charge is 0.228 e. The van der Waals surface area contributed by atoms with E-state index < -0.39 is 0 Å². The van der Waals surface area contributed by atoms with E-state index in [0.717, 1.165) is 61.3 Å². The maximum Gasteiger partial charge on any atom is 0.160 e. The maximum absolute atomic E-state index is 9.94. The van der Waals surface area contributed by atoms with Gasteiger partial charge >= 0.3 is 0 Å². The van der Waals surface area contributed by atoms with E-state index in [2.05, 4.69) is 159 Å². The van der Waals surface area contributed by atoms with Crippen LogP contribution in [0.4, 0.5) is 0 Å². The molecule has 0 fully saturated rings. The molecule has 1 aromatic heterocycles. The van der Waals surface area contributed by atoms with Gasteiger partial charge in [-0.05, 0) is 79.7 Å². The summed E-state index contributed by atoms with van der Waals surface area (Å²) in [6.07, 6.45) is 0. The second kappa shape index (κ2) is 11.1. The highest BCUT2D eigenvalue weighted by atomic mass is 14.9. The molecule has 0 spiro atoms. The second-order valence-electron chi connectivity index (χ2n) is 13.4. The first-order valence-corrected chi connectivity index (χ1v) is 16.6. The van der Waals surface area contributed by atoms with E-state index in [1.165, 1.54) is 27.3 Å². The first kappa shape index (κ1) is 28.8. The van der Waals surface area contributed by atoms with Crippen molar-refractivity contribution < 1.29 is 0 Å². The third kappa shape index (κ3) is 4.81. The summed E-state index contributed by atoms with van der Waals surface area (Å²) < 4.78 is 0. The van der Waals surface area contributed by atoms with Gasteiger partial charge in [0.2, 0.25) is 0 Å². The molecule has 0 bridgehead atoms. The van der Waals surface area contributed by atoms with Crippen LogP contribution in [0.3, 0.4) is 0 Å². The minimum absolute atomic E-state index is 0.154. The van der Waals surface area contributed by atoms with Crippen LogP contribution in [-0.4, -0.2) is 9.97 Å². The van der Waals surface area contributed by atoms with E-state index in [4.69, 9.17) is 9.97 Å². The molecule has 0 N–H and O–H groups in total. The Hall–Kier alpha value is -6.37. The van der Waals surface area contributed by atoms with Gasteiger partial charge < -0.3 is 0 Å². The van der Waals surface area contributed by atoms with Crippen LogP contribution >= 0.6 is 0 Å². The lowest BCUT2D eigenvalue weighted by atomic mass is 9.82. The van der Waals surface area contributed by atoms with Crippen LogP contribution in [0.1, 0.15) is 30.5 Å². The van der Waals surface area contributed by atoms with Gasteiger partial charge in [-0.2, -0.15) is 5.26 Å². The second-order valence-corrected chi connectivity index (χ2v) is 13.4. The zero-order chi connectivity index (χ0) is 33.1. The van der Waals surface area contributed by atoms with Gasteiger partial charge in [0.05, 0.1) is 23.0 Å². The Kier molecular flexibility index (Phi) is 6.54. The predicted molar refractivity (Wildman–Crippen MR) is 201 cm³/mol. The molecule has 0 unspecified atom stereocenters. The van der Waals surface area contributed by atoms with Crippen molar-refractivity contribution in [2.75, 3.05) is 0 Å². The number of benzene rings is 7. The minimum Gasteiger partial charge on any atom is -0.228 e. The van der Waals surface area contributed by atoms with Crippen LogP contribution in [0, 0.1) is 11.3 Å². The molecule has 0 amide bonds. The number of aromatic nitrogens is 2. The Morgan fingerprint density at radius 3 is 1.73 bits per heavy atom. The third-order valence-corrected chi connectivity index (χ3v) is 10.1. The SMILES string of the molecule is CC1(C)c2ccc(-c3ccc(-c4cc(-c5ccc6ccccc6c5)nc(-c5ccc6ccccc6c5)n4)cc3)cc2-c2c(C#N)cccc21. The van der Waals surface area contributed by atoms with Gasteiger partial charge in [-0.15, -0.1) is 0 Å². The van der Waals surface area contributed by atoms with Crippen LogP contribution in [0.25, 0.3) is 77.7 Å². The van der Waals surface area contributed by atoms with Gasteiger partial charge in [0.1, 0.15) is 0 Å². The third-order valence-electron chi connectivity index (χ3n) is 10.1. The molecule has 7 aromatic carbocycles. The van der Waals surface area contributed by atoms with Gasteiger partial charge in [-0.1, -0.05) is 135 Å². The lowest BCUT2D eigenvalue weighted by Crippen LogP contribution is -2.14. The Bertz CT molecular complexity index is 2540. The molecule has 0 atom stereocenters. The smallest absolute Gasteiger partial charge is 0.160 e. The number of nitriles is 1. The van der Waals surface area contributed by atoms with Crippen molar-refractivity contribution in [2.24, 2.45) is 0 Å². The highest BCUT2D eigenvalue weighted by Crippen LogP contribution is 2.50. The number of fused-ring (bicyclic) bond motifs is 5. The predicted octanol–water partition coefficient (Wildman–Crippen LogP) is 11.6. The standard InChI is InChI=1S/C46H31N3/c1-46(2)40-23-22-35(26-39(40)44-38(28-47)12-7-13-41(44)46)31-14-18-32(19-15-31)42-27-43(36-20-16-29-8-3-5-10-33(29)24-36)49-45(48-42)37-21-17-30-9-4-6-11-34(30)25-37/h3-27H,1-2H3. The highest BCUT2D eigenvalue weighted by molar-refractivity contribution is 5.90. The van der Waals surface area contributed by atoms with Gasteiger partial charge in [-0.25, -0.2) is 9.97 Å². The molecule has 0 saturated heterocycles. The van der Waals surface area contributed by atoms with Crippen molar-refractivity contribution in [3.8, 4) is 62.2 Å². The van der Waals surface area contributed by atoms with Crippen LogP contribution < -0.4 is 0 Å². The molecule has 0 saturated carbocycles. The van der Waals surface area contributed by atoms with E-state index in [-0.39, 0.29) is 5.41 Å². The Balaban J connectivity index is 1.14. The zero-order valence-corrected chi connectivity index (χ0v) is 27.3. The van der Waals surface area contributed by atoms with Gasteiger partial charge in [-0.3, -0.25) is 0 Å². The summed E-state index contributed by atoms with van der Waals surface area (Å²) in [6, 6.07) is 55.7. The van der Waals surface area contributed by atoms with Gasteiger partial charge in [0.15, 0.2) is 5.82 Å². The number of rotatable bonds is 4. The number of nitrogens with zero attached hydrogens (tertiary/aromatic N) is 3. The van der Waals surface area contributed by atoms with E-state index in [9.17, 15) is 5.26 Å². The highest BCUT2D eigenvalue weighted by Gasteiger charge is 2.36. The average molecular weight is 626 g/mol. The average Bonchev–Trinajstić information content (AvgIpc) is 3.39. The van der Waals surface area contributed by atoms with Crippen LogP contribution in [-0.2, 0) is 5.41 Å². The molecular formula is C46H31N3. The van der Waals surface area contributed by atoms with Crippen molar-refractivity contribution >= 4 is 21.5 Å². The Labute approximate surface area is 285 Å². The lowest BCUT2D eigenvalue weighted by molar-refractivity contribution is 0.660. The summed E-state index contributed by atoms with van der Waals surface area (Å²) >= 11 is 0. The molecule has 1 aliphatic rings. The Morgan fingerprint density at radius 2 is 1.04 bits per heavy atom. The fourth-order valence-electron chi connectivity index (χ4n) is 7.46. The van der Waals surface area contributed by atoms with E-state index in [0.29, 0.717) is 5.82 Å². The van der Waals surface area contributed by atoms with Crippen molar-refractivity contribution in [1.82, 2.24) is 9.97 Å². The number of hydrogen-bond donors (Lipinski definition) is 0. The monoisotopic (exact) mass is 625 g/mol. The first-order chi connectivity index (χ1) is 24.0. The molecule has 1 heterocycles. The van der Waals surface area contributed by atoms with Crippen molar-refractivity contribution in [2.45, 2.75) is 19.3 Å². The molecule has 0 aliphatic heterocycles. The van der Waals surface area contributed by atoms with E-state index in [1.54, 1.807) is 0 Å². The van der Waals surface area contributed by atoms with Crippen LogP contribution in [0.15, 0.2) is 152 Å². The molecule has 3 heteroatoms. The summed E-state index contributed by atoms with van der Waals surface area (Å²) in [7, 11) is 0. The normalized spacial score (nSPS) is 12.8. The fourth-order valence-corrected chi connectivity index (χ4v) is 7.46. The fraction of sp³-hybridized carbons (Fsp3) is 0.0652. The molecule has 230 valence electrons.